The van der Waals surface area contributed by atoms with Gasteiger partial charge < -0.3 is 9.88 Å². The highest BCUT2D eigenvalue weighted by atomic mass is 15.1. The van der Waals surface area contributed by atoms with Gasteiger partial charge in [0, 0.05) is 26.2 Å². The third-order valence-electron chi connectivity index (χ3n) is 2.16. The Balaban J connectivity index is 2.32. The van der Waals surface area contributed by atoms with Crippen LogP contribution in [0.15, 0.2) is 6.20 Å². The number of anilines is 1. The Bertz CT molecular complexity index is 228. The van der Waals surface area contributed by atoms with E-state index in [0.717, 1.165) is 18.8 Å². The quantitative estimate of drug-likeness (QED) is 0.655. The molecule has 1 aromatic rings. The largest absolute Gasteiger partial charge is 0.372 e. The van der Waals surface area contributed by atoms with Crippen LogP contribution >= 0.6 is 0 Å². The van der Waals surface area contributed by atoms with Gasteiger partial charge in [0.1, 0.15) is 11.6 Å². The molecule has 0 spiro atoms. The van der Waals surface area contributed by atoms with Crippen LogP contribution in [0.25, 0.3) is 0 Å². The molecule has 0 saturated carbocycles. The van der Waals surface area contributed by atoms with Gasteiger partial charge in [0.2, 0.25) is 0 Å². The van der Waals surface area contributed by atoms with Gasteiger partial charge >= 0.3 is 0 Å². The Morgan fingerprint density at radius 2 is 2.45 bits per heavy atom. The minimum atomic E-state index is 1.00. The molecule has 3 nitrogen and oxygen atoms in total. The Morgan fingerprint density at radius 1 is 1.55 bits per heavy atom. The van der Waals surface area contributed by atoms with Crippen molar-refractivity contribution in [1.29, 1.82) is 0 Å². The monoisotopic (exact) mass is 151 g/mol. The maximum Gasteiger partial charge on any atom is 0.144 e. The highest BCUT2D eigenvalue weighted by Gasteiger charge is 2.10. The van der Waals surface area contributed by atoms with Gasteiger partial charge in [-0.3, -0.25) is 0 Å². The van der Waals surface area contributed by atoms with Gasteiger partial charge in [-0.25, -0.2) is 4.98 Å². The molecule has 0 saturated heterocycles. The average molecular weight is 151 g/mol. The number of imidazole rings is 1. The number of aryl methyl sites for hydroxylation is 2. The van der Waals surface area contributed by atoms with Gasteiger partial charge in [-0.05, 0) is 12.8 Å². The molecular formula is C8H13N3. The summed E-state index contributed by atoms with van der Waals surface area (Å²) in [5.41, 5.74) is 0. The maximum absolute atomic E-state index is 4.42. The van der Waals surface area contributed by atoms with Crippen molar-refractivity contribution in [2.75, 3.05) is 12.4 Å². The van der Waals surface area contributed by atoms with Crippen molar-refractivity contribution in [2.24, 2.45) is 0 Å². The van der Waals surface area contributed by atoms with E-state index in [9.17, 15) is 0 Å². The number of nitrogens with one attached hydrogen (secondary N) is 1. The van der Waals surface area contributed by atoms with Gasteiger partial charge in [-0.2, -0.15) is 0 Å². The van der Waals surface area contributed by atoms with Crippen molar-refractivity contribution < 1.29 is 0 Å². The first-order valence-electron chi connectivity index (χ1n) is 4.14. The van der Waals surface area contributed by atoms with Gasteiger partial charge in [-0.15, -0.1) is 0 Å². The van der Waals surface area contributed by atoms with E-state index in [0.29, 0.717) is 0 Å². The van der Waals surface area contributed by atoms with Crippen LogP contribution in [0.4, 0.5) is 5.82 Å². The molecular weight excluding hydrogens is 138 g/mol. The van der Waals surface area contributed by atoms with Crippen molar-refractivity contribution in [3.05, 3.63) is 12.0 Å². The Hall–Kier alpha value is -0.990. The zero-order chi connectivity index (χ0) is 7.68. The summed E-state index contributed by atoms with van der Waals surface area (Å²) in [4.78, 5) is 4.42. The summed E-state index contributed by atoms with van der Waals surface area (Å²) in [7, 11) is 1.91. The van der Waals surface area contributed by atoms with Gasteiger partial charge in [0.25, 0.3) is 0 Å². The van der Waals surface area contributed by atoms with Crippen LogP contribution in [0.2, 0.25) is 0 Å². The molecule has 0 fully saturated rings. The van der Waals surface area contributed by atoms with Crippen LogP contribution in [0.5, 0.6) is 0 Å². The van der Waals surface area contributed by atoms with Crippen LogP contribution in [0, 0.1) is 0 Å². The molecule has 1 aromatic heterocycles. The highest BCUT2D eigenvalue weighted by molar-refractivity contribution is 5.32. The molecule has 2 heterocycles. The second kappa shape index (κ2) is 2.57. The molecule has 0 radical (unpaired) electrons. The van der Waals surface area contributed by atoms with Crippen molar-refractivity contribution in [3.63, 3.8) is 0 Å². The molecule has 1 aliphatic heterocycles. The zero-order valence-electron chi connectivity index (χ0n) is 6.80. The topological polar surface area (TPSA) is 29.9 Å². The van der Waals surface area contributed by atoms with E-state index in [2.05, 4.69) is 21.1 Å². The summed E-state index contributed by atoms with van der Waals surface area (Å²) < 4.78 is 2.25. The van der Waals surface area contributed by atoms with E-state index in [1.165, 1.54) is 18.7 Å². The molecule has 0 bridgehead atoms. The van der Waals surface area contributed by atoms with E-state index < -0.39 is 0 Å². The third-order valence-corrected chi connectivity index (χ3v) is 2.16. The molecule has 3 heteroatoms. The summed E-state index contributed by atoms with van der Waals surface area (Å²) in [5.74, 6) is 2.24. The summed E-state index contributed by atoms with van der Waals surface area (Å²) >= 11 is 0. The molecule has 0 amide bonds. The van der Waals surface area contributed by atoms with Crippen molar-refractivity contribution in [3.8, 4) is 0 Å². The van der Waals surface area contributed by atoms with Crippen molar-refractivity contribution in [1.82, 2.24) is 9.55 Å². The first-order valence-corrected chi connectivity index (χ1v) is 4.14. The van der Waals surface area contributed by atoms with E-state index in [1.54, 1.807) is 0 Å². The molecule has 1 aliphatic rings. The smallest absolute Gasteiger partial charge is 0.144 e. The fourth-order valence-corrected chi connectivity index (χ4v) is 1.53. The average Bonchev–Trinajstić information content (AvgIpc) is 2.46. The zero-order valence-corrected chi connectivity index (χ0v) is 6.80. The summed E-state index contributed by atoms with van der Waals surface area (Å²) in [5, 5.41) is 3.05. The Labute approximate surface area is 66.4 Å². The maximum atomic E-state index is 4.42. The fourth-order valence-electron chi connectivity index (χ4n) is 1.53. The fraction of sp³-hybridized carbons (Fsp3) is 0.625. The molecule has 0 aliphatic carbocycles. The highest BCUT2D eigenvalue weighted by Crippen LogP contribution is 2.16. The lowest BCUT2D eigenvalue weighted by Crippen LogP contribution is -2.08. The van der Waals surface area contributed by atoms with Gasteiger partial charge in [0.15, 0.2) is 0 Å². The van der Waals surface area contributed by atoms with Crippen molar-refractivity contribution in [2.45, 2.75) is 25.8 Å². The molecule has 1 N–H and O–H groups in total. The number of nitrogens with zero attached hydrogens (tertiary/aromatic N) is 2. The Kier molecular flexibility index (Phi) is 1.56. The lowest BCUT2D eigenvalue weighted by Gasteiger charge is -2.11. The normalized spacial score (nSPS) is 16.1. The molecule has 11 heavy (non-hydrogen) atoms. The first-order chi connectivity index (χ1) is 5.40. The van der Waals surface area contributed by atoms with E-state index in [-0.39, 0.29) is 0 Å². The van der Waals surface area contributed by atoms with Crippen LogP contribution < -0.4 is 5.32 Å². The number of hydrogen-bond acceptors (Lipinski definition) is 2. The van der Waals surface area contributed by atoms with E-state index in [4.69, 9.17) is 0 Å². The predicted molar refractivity (Wildman–Crippen MR) is 44.7 cm³/mol. The Morgan fingerprint density at radius 3 is 3.18 bits per heavy atom. The van der Waals surface area contributed by atoms with Crippen LogP contribution in [-0.2, 0) is 13.0 Å². The number of aromatic nitrogens is 2. The van der Waals surface area contributed by atoms with Crippen molar-refractivity contribution >= 4 is 5.82 Å². The van der Waals surface area contributed by atoms with Crippen LogP contribution in [0.1, 0.15) is 18.7 Å². The minimum Gasteiger partial charge on any atom is -0.372 e. The second-order valence-corrected chi connectivity index (χ2v) is 2.94. The van der Waals surface area contributed by atoms with Gasteiger partial charge in [-0.1, -0.05) is 0 Å². The number of rotatable bonds is 1. The van der Waals surface area contributed by atoms with Gasteiger partial charge in [0.05, 0.1) is 0 Å². The molecule has 2 rings (SSSR count). The summed E-state index contributed by atoms with van der Waals surface area (Å²) in [6.07, 6.45) is 5.82. The second-order valence-electron chi connectivity index (χ2n) is 2.94. The summed E-state index contributed by atoms with van der Waals surface area (Å²) in [6.45, 7) is 1.14. The summed E-state index contributed by atoms with van der Waals surface area (Å²) in [6, 6.07) is 0. The number of fused-ring (bicyclic) bond motifs is 1. The molecule has 60 valence electrons. The lowest BCUT2D eigenvalue weighted by atomic mass is 10.2. The lowest BCUT2D eigenvalue weighted by molar-refractivity contribution is 0.522. The molecule has 0 aromatic carbocycles. The number of hydrogen-bond donors (Lipinski definition) is 1. The molecule has 0 unspecified atom stereocenters. The predicted octanol–water partition coefficient (Wildman–Crippen LogP) is 1.26. The van der Waals surface area contributed by atoms with Crippen LogP contribution in [0.3, 0.4) is 0 Å². The standard InChI is InChI=1S/C8H13N3/c1-9-7-6-11-5-3-2-4-8(11)10-7/h6,9H,2-5H2,1H3. The van der Waals surface area contributed by atoms with E-state index >= 15 is 0 Å². The minimum absolute atomic E-state index is 1.00. The molecule has 0 atom stereocenters. The van der Waals surface area contributed by atoms with E-state index in [1.807, 2.05) is 7.05 Å². The SMILES string of the molecule is CNc1cn2c(n1)CCCC2. The first kappa shape index (κ1) is 6.70. The van der Waals surface area contributed by atoms with Crippen LogP contribution in [-0.4, -0.2) is 16.6 Å². The third kappa shape index (κ3) is 1.11.